The van der Waals surface area contributed by atoms with Crippen molar-refractivity contribution in [3.05, 3.63) is 29.3 Å². The molecular weight excluding hydrogens is 264 g/mol. The summed E-state index contributed by atoms with van der Waals surface area (Å²) in [7, 11) is 1.76. The number of amides is 2. The third-order valence-electron chi connectivity index (χ3n) is 4.68. The van der Waals surface area contributed by atoms with E-state index in [9.17, 15) is 9.59 Å². The van der Waals surface area contributed by atoms with Crippen LogP contribution < -0.4 is 5.32 Å². The molecule has 0 bridgehead atoms. The molecule has 0 radical (unpaired) electrons. The number of Topliss-reactive ketones (excluding diaryl/α,β-unsaturated/α-hetero) is 1. The second-order valence-electron chi connectivity index (χ2n) is 6.27. The van der Waals surface area contributed by atoms with Crippen LogP contribution >= 0.6 is 0 Å². The maximum absolute atomic E-state index is 12.3. The molecule has 1 saturated carbocycles. The van der Waals surface area contributed by atoms with Crippen LogP contribution in [0, 0.1) is 5.92 Å². The fraction of sp³-hybridized carbons (Fsp3) is 0.529. The Kier molecular flexibility index (Phi) is 3.95. The molecule has 1 aromatic rings. The summed E-state index contributed by atoms with van der Waals surface area (Å²) >= 11 is 0. The number of rotatable bonds is 4. The predicted octanol–water partition coefficient (Wildman–Crippen LogP) is 3.82. The molecule has 0 atom stereocenters. The van der Waals surface area contributed by atoms with E-state index in [0.717, 1.165) is 29.2 Å². The van der Waals surface area contributed by atoms with E-state index in [2.05, 4.69) is 5.32 Å². The summed E-state index contributed by atoms with van der Waals surface area (Å²) in [6.45, 7) is 0.560. The lowest BCUT2D eigenvalue weighted by Gasteiger charge is -2.26. The third-order valence-corrected chi connectivity index (χ3v) is 4.68. The number of urea groups is 1. The minimum absolute atomic E-state index is 0.0946. The molecule has 2 aliphatic rings. The van der Waals surface area contributed by atoms with Gasteiger partial charge in [0, 0.05) is 31.3 Å². The zero-order valence-electron chi connectivity index (χ0n) is 12.5. The number of anilines is 1. The fourth-order valence-corrected chi connectivity index (χ4v) is 3.34. The van der Waals surface area contributed by atoms with Gasteiger partial charge in [-0.15, -0.1) is 0 Å². The first-order valence-electron chi connectivity index (χ1n) is 7.82. The van der Waals surface area contributed by atoms with Crippen LogP contribution in [0.5, 0.6) is 0 Å². The molecule has 1 heterocycles. The highest BCUT2D eigenvalue weighted by Gasteiger charge is 2.21. The Balaban J connectivity index is 1.66. The van der Waals surface area contributed by atoms with Crippen LogP contribution in [0.2, 0.25) is 0 Å². The zero-order chi connectivity index (χ0) is 14.8. The average Bonchev–Trinajstić information content (AvgIpc) is 2.99. The van der Waals surface area contributed by atoms with Crippen molar-refractivity contribution in [1.29, 1.82) is 0 Å². The molecule has 2 amide bonds. The summed E-state index contributed by atoms with van der Waals surface area (Å²) < 4.78 is 0. The topological polar surface area (TPSA) is 49.4 Å². The zero-order valence-corrected chi connectivity index (χ0v) is 12.5. The van der Waals surface area contributed by atoms with Crippen LogP contribution in [0.4, 0.5) is 10.5 Å². The fourth-order valence-electron chi connectivity index (χ4n) is 3.34. The number of carbonyl (C=O) groups excluding carboxylic acids is 2. The third kappa shape index (κ3) is 3.09. The molecule has 1 fully saturated rings. The van der Waals surface area contributed by atoms with E-state index in [0.29, 0.717) is 13.0 Å². The number of carbonyl (C=O) groups is 2. The Morgan fingerprint density at radius 2 is 2.10 bits per heavy atom. The normalized spacial score (nSPS) is 18.5. The van der Waals surface area contributed by atoms with Crippen molar-refractivity contribution in [2.75, 3.05) is 12.4 Å². The molecule has 112 valence electrons. The van der Waals surface area contributed by atoms with Crippen LogP contribution in [0.3, 0.4) is 0 Å². The van der Waals surface area contributed by atoms with Crippen molar-refractivity contribution in [3.63, 3.8) is 0 Å². The van der Waals surface area contributed by atoms with Crippen LogP contribution in [0.1, 0.15) is 54.4 Å². The second kappa shape index (κ2) is 5.88. The van der Waals surface area contributed by atoms with Crippen molar-refractivity contribution < 1.29 is 9.59 Å². The highest BCUT2D eigenvalue weighted by atomic mass is 16.2. The van der Waals surface area contributed by atoms with E-state index in [1.54, 1.807) is 11.9 Å². The van der Waals surface area contributed by atoms with E-state index in [1.807, 2.05) is 18.2 Å². The van der Waals surface area contributed by atoms with E-state index >= 15 is 0 Å². The standard InChI is InChI=1S/C17H22N2O2/c1-19-11-14-10-13(7-8-15(14)18-17(19)21)16(20)9-6-12-4-2-3-5-12/h7-8,10,12H,2-6,9,11H2,1H3,(H,18,21). The van der Waals surface area contributed by atoms with Crippen molar-refractivity contribution in [3.8, 4) is 0 Å². The minimum atomic E-state index is -0.0946. The van der Waals surface area contributed by atoms with Gasteiger partial charge in [-0.1, -0.05) is 25.7 Å². The van der Waals surface area contributed by atoms with Gasteiger partial charge in [0.05, 0.1) is 0 Å². The summed E-state index contributed by atoms with van der Waals surface area (Å²) in [5.41, 5.74) is 2.62. The smallest absolute Gasteiger partial charge is 0.321 e. The number of hydrogen-bond acceptors (Lipinski definition) is 2. The molecule has 1 aliphatic heterocycles. The maximum atomic E-state index is 12.3. The first kappa shape index (κ1) is 14.1. The molecule has 1 aromatic carbocycles. The van der Waals surface area contributed by atoms with Gasteiger partial charge in [0.15, 0.2) is 5.78 Å². The molecule has 3 rings (SSSR count). The molecule has 1 aliphatic carbocycles. The van der Waals surface area contributed by atoms with E-state index in [-0.39, 0.29) is 11.8 Å². The van der Waals surface area contributed by atoms with Crippen LogP contribution in [0.25, 0.3) is 0 Å². The summed E-state index contributed by atoms with van der Waals surface area (Å²) in [5.74, 6) is 0.973. The SMILES string of the molecule is CN1Cc2cc(C(=O)CCC3CCCC3)ccc2NC1=O. The Morgan fingerprint density at radius 3 is 2.86 bits per heavy atom. The van der Waals surface area contributed by atoms with E-state index in [1.165, 1.54) is 25.7 Å². The van der Waals surface area contributed by atoms with Gasteiger partial charge in [0.1, 0.15) is 0 Å². The molecule has 0 saturated heterocycles. The minimum Gasteiger partial charge on any atom is -0.323 e. The first-order valence-corrected chi connectivity index (χ1v) is 7.82. The molecule has 0 unspecified atom stereocenters. The quantitative estimate of drug-likeness (QED) is 0.855. The van der Waals surface area contributed by atoms with E-state index in [4.69, 9.17) is 0 Å². The van der Waals surface area contributed by atoms with Gasteiger partial charge in [0.2, 0.25) is 0 Å². The van der Waals surface area contributed by atoms with Crippen molar-refractivity contribution >= 4 is 17.5 Å². The summed E-state index contributed by atoms with van der Waals surface area (Å²) in [4.78, 5) is 25.5. The molecular formula is C17H22N2O2. The van der Waals surface area contributed by atoms with Gasteiger partial charge in [-0.3, -0.25) is 4.79 Å². The predicted molar refractivity (Wildman–Crippen MR) is 82.5 cm³/mol. The maximum Gasteiger partial charge on any atom is 0.321 e. The number of fused-ring (bicyclic) bond motifs is 1. The highest BCUT2D eigenvalue weighted by Crippen LogP contribution is 2.29. The van der Waals surface area contributed by atoms with Crippen molar-refractivity contribution in [2.24, 2.45) is 5.92 Å². The van der Waals surface area contributed by atoms with Gasteiger partial charge in [-0.25, -0.2) is 4.79 Å². The largest absolute Gasteiger partial charge is 0.323 e. The number of nitrogens with zero attached hydrogens (tertiary/aromatic N) is 1. The van der Waals surface area contributed by atoms with Crippen LogP contribution in [-0.4, -0.2) is 23.8 Å². The van der Waals surface area contributed by atoms with Gasteiger partial charge in [-0.05, 0) is 36.1 Å². The van der Waals surface area contributed by atoms with Crippen LogP contribution in [-0.2, 0) is 6.54 Å². The molecule has 0 aromatic heterocycles. The molecule has 0 spiro atoms. The monoisotopic (exact) mass is 286 g/mol. The number of ketones is 1. The molecule has 21 heavy (non-hydrogen) atoms. The number of nitrogens with one attached hydrogen (secondary N) is 1. The van der Waals surface area contributed by atoms with Gasteiger partial charge in [0.25, 0.3) is 0 Å². The lowest BCUT2D eigenvalue weighted by Crippen LogP contribution is -2.35. The first-order chi connectivity index (χ1) is 10.1. The Hall–Kier alpha value is -1.84. The molecule has 4 nitrogen and oxygen atoms in total. The Bertz CT molecular complexity index is 562. The lowest BCUT2D eigenvalue weighted by atomic mass is 9.96. The summed E-state index contributed by atoms with van der Waals surface area (Å²) in [6, 6.07) is 5.52. The van der Waals surface area contributed by atoms with Crippen molar-refractivity contribution in [2.45, 2.75) is 45.1 Å². The van der Waals surface area contributed by atoms with Crippen LogP contribution in [0.15, 0.2) is 18.2 Å². The van der Waals surface area contributed by atoms with E-state index < -0.39 is 0 Å². The highest BCUT2D eigenvalue weighted by molar-refractivity contribution is 5.98. The second-order valence-corrected chi connectivity index (χ2v) is 6.27. The summed E-state index contributed by atoms with van der Waals surface area (Å²) in [5, 5.41) is 2.83. The Morgan fingerprint density at radius 1 is 1.33 bits per heavy atom. The lowest BCUT2D eigenvalue weighted by molar-refractivity contribution is 0.0974. The van der Waals surface area contributed by atoms with Gasteiger partial charge >= 0.3 is 6.03 Å². The summed E-state index contributed by atoms with van der Waals surface area (Å²) in [6.07, 6.45) is 6.88. The average molecular weight is 286 g/mol. The van der Waals surface area contributed by atoms with Gasteiger partial charge < -0.3 is 10.2 Å². The number of hydrogen-bond donors (Lipinski definition) is 1. The Labute approximate surface area is 125 Å². The molecule has 1 N–H and O–H groups in total. The number of benzene rings is 1. The van der Waals surface area contributed by atoms with Crippen molar-refractivity contribution in [1.82, 2.24) is 4.90 Å². The molecule has 4 heteroatoms. The van der Waals surface area contributed by atoms with Gasteiger partial charge in [-0.2, -0.15) is 0 Å².